The molecule has 2 atom stereocenters. The monoisotopic (exact) mass is 316 g/mol. The summed E-state index contributed by atoms with van der Waals surface area (Å²) in [5, 5.41) is 8.04. The number of aryl methyl sites for hydroxylation is 1. The van der Waals surface area contributed by atoms with Gasteiger partial charge in [0.2, 0.25) is 0 Å². The van der Waals surface area contributed by atoms with Crippen molar-refractivity contribution in [2.24, 2.45) is 18.0 Å². The Kier molecular flexibility index (Phi) is 4.01. The number of likely N-dealkylation sites (tertiary alicyclic amines) is 1. The first-order valence-corrected chi connectivity index (χ1v) is 8.97. The summed E-state index contributed by atoms with van der Waals surface area (Å²) in [6, 6.07) is 3.49. The van der Waals surface area contributed by atoms with Crippen molar-refractivity contribution in [2.75, 3.05) is 33.2 Å². The molecule has 3 aliphatic rings. The molecule has 6 heteroatoms. The second-order valence-electron chi connectivity index (χ2n) is 7.20. The Morgan fingerprint density at radius 2 is 2.09 bits per heavy atom. The van der Waals surface area contributed by atoms with Crippen LogP contribution in [0.1, 0.15) is 37.4 Å². The fourth-order valence-corrected chi connectivity index (χ4v) is 4.16. The Morgan fingerprint density at radius 3 is 2.74 bits per heavy atom. The third-order valence-corrected chi connectivity index (χ3v) is 5.55. The lowest BCUT2D eigenvalue weighted by molar-refractivity contribution is 0.0798. The molecule has 1 saturated carbocycles. The fraction of sp³-hybridized carbons (Fsp3) is 0.765. The van der Waals surface area contributed by atoms with Crippen LogP contribution in [-0.4, -0.2) is 64.8 Å². The van der Waals surface area contributed by atoms with Crippen LogP contribution >= 0.6 is 0 Å². The summed E-state index contributed by atoms with van der Waals surface area (Å²) in [7, 11) is 4.20. The number of aromatic nitrogens is 2. The van der Waals surface area contributed by atoms with E-state index >= 15 is 0 Å². The molecule has 23 heavy (non-hydrogen) atoms. The predicted molar refractivity (Wildman–Crippen MR) is 91.3 cm³/mol. The molecule has 126 valence electrons. The number of hydrogen-bond donors (Lipinski definition) is 1. The summed E-state index contributed by atoms with van der Waals surface area (Å²) in [5.74, 6) is 1.69. The molecule has 2 fully saturated rings. The van der Waals surface area contributed by atoms with E-state index in [1.54, 1.807) is 0 Å². The van der Waals surface area contributed by atoms with Gasteiger partial charge in [0.05, 0.1) is 18.3 Å². The molecule has 1 aromatic rings. The van der Waals surface area contributed by atoms with Gasteiger partial charge < -0.3 is 10.2 Å². The molecule has 2 aliphatic heterocycles. The standard InChI is InChI=1S/C17H28N6/c1-21-11-9-18-17(21)19-12-13-4-3-10-23(14-5-6-14)16(13)15-7-8-20-22(15)2/h7-8,13-14,16H,3-6,9-12H2,1-2H3,(H,18,19)/t13-,16+/m0/s1. The van der Waals surface area contributed by atoms with Gasteiger partial charge in [-0.05, 0) is 44.2 Å². The van der Waals surface area contributed by atoms with Crippen molar-refractivity contribution in [1.29, 1.82) is 0 Å². The maximum atomic E-state index is 4.57. The maximum Gasteiger partial charge on any atom is 0.193 e. The first-order valence-electron chi connectivity index (χ1n) is 8.97. The number of guanidine groups is 1. The second kappa shape index (κ2) is 6.15. The molecule has 0 amide bonds. The molecule has 0 spiro atoms. The zero-order valence-corrected chi connectivity index (χ0v) is 14.3. The minimum atomic E-state index is 0.489. The van der Waals surface area contributed by atoms with Crippen molar-refractivity contribution >= 4 is 5.96 Å². The first kappa shape index (κ1) is 15.0. The number of rotatable bonds is 4. The van der Waals surface area contributed by atoms with Gasteiger partial charge in [-0.3, -0.25) is 14.6 Å². The van der Waals surface area contributed by atoms with E-state index in [9.17, 15) is 0 Å². The molecule has 4 rings (SSSR count). The van der Waals surface area contributed by atoms with Crippen LogP contribution < -0.4 is 5.32 Å². The van der Waals surface area contributed by atoms with Crippen LogP contribution in [0.4, 0.5) is 0 Å². The molecular weight excluding hydrogens is 288 g/mol. The van der Waals surface area contributed by atoms with Crippen molar-refractivity contribution in [2.45, 2.75) is 37.8 Å². The number of hydrogen-bond acceptors (Lipinski definition) is 5. The molecule has 1 saturated heterocycles. The average Bonchev–Trinajstić information content (AvgIpc) is 3.20. The van der Waals surface area contributed by atoms with E-state index in [4.69, 9.17) is 0 Å². The quantitative estimate of drug-likeness (QED) is 0.908. The minimum Gasteiger partial charge on any atom is -0.356 e. The van der Waals surface area contributed by atoms with Crippen LogP contribution in [0.15, 0.2) is 17.3 Å². The Labute approximate surface area is 138 Å². The highest BCUT2D eigenvalue weighted by molar-refractivity contribution is 5.81. The number of nitrogens with zero attached hydrogens (tertiary/aromatic N) is 5. The number of piperidine rings is 1. The molecule has 0 radical (unpaired) electrons. The lowest BCUT2D eigenvalue weighted by Gasteiger charge is -2.42. The summed E-state index contributed by atoms with van der Waals surface area (Å²) in [5.41, 5.74) is 1.37. The molecular formula is C17H28N6. The zero-order valence-electron chi connectivity index (χ0n) is 14.3. The summed E-state index contributed by atoms with van der Waals surface area (Å²) in [6.07, 6.45) is 7.25. The van der Waals surface area contributed by atoms with Crippen LogP contribution in [0, 0.1) is 5.92 Å². The van der Waals surface area contributed by atoms with Crippen molar-refractivity contribution in [3.8, 4) is 0 Å². The summed E-state index contributed by atoms with van der Waals surface area (Å²) in [4.78, 5) is 9.54. The van der Waals surface area contributed by atoms with E-state index in [0.717, 1.165) is 31.6 Å². The van der Waals surface area contributed by atoms with Gasteiger partial charge in [-0.25, -0.2) is 0 Å². The summed E-state index contributed by atoms with van der Waals surface area (Å²) >= 11 is 0. The van der Waals surface area contributed by atoms with Crippen LogP contribution in [0.3, 0.4) is 0 Å². The van der Waals surface area contributed by atoms with Gasteiger partial charge in [-0.1, -0.05) is 0 Å². The zero-order chi connectivity index (χ0) is 15.8. The number of likely N-dealkylation sites (N-methyl/N-ethyl adjacent to an activating group) is 1. The molecule has 1 N–H and O–H groups in total. The lowest BCUT2D eigenvalue weighted by atomic mass is 9.86. The van der Waals surface area contributed by atoms with E-state index in [1.165, 1.54) is 37.9 Å². The highest BCUT2D eigenvalue weighted by Crippen LogP contribution is 2.42. The molecule has 6 nitrogen and oxygen atoms in total. The fourth-order valence-electron chi connectivity index (χ4n) is 4.16. The Morgan fingerprint density at radius 1 is 1.22 bits per heavy atom. The van der Waals surface area contributed by atoms with Gasteiger partial charge in [0.1, 0.15) is 0 Å². The Hall–Kier alpha value is -1.56. The van der Waals surface area contributed by atoms with E-state index < -0.39 is 0 Å². The van der Waals surface area contributed by atoms with E-state index in [2.05, 4.69) is 50.1 Å². The van der Waals surface area contributed by atoms with Gasteiger partial charge >= 0.3 is 0 Å². The molecule has 0 unspecified atom stereocenters. The highest BCUT2D eigenvalue weighted by atomic mass is 15.3. The maximum absolute atomic E-state index is 4.57. The van der Waals surface area contributed by atoms with Gasteiger partial charge in [0.15, 0.2) is 5.96 Å². The van der Waals surface area contributed by atoms with Crippen LogP contribution in [0.2, 0.25) is 0 Å². The topological polar surface area (TPSA) is 48.7 Å². The third kappa shape index (κ3) is 2.96. The first-order chi connectivity index (χ1) is 11.2. The van der Waals surface area contributed by atoms with E-state index in [-0.39, 0.29) is 0 Å². The van der Waals surface area contributed by atoms with Gasteiger partial charge in [0, 0.05) is 39.4 Å². The van der Waals surface area contributed by atoms with Gasteiger partial charge in [0.25, 0.3) is 0 Å². The third-order valence-electron chi connectivity index (χ3n) is 5.55. The van der Waals surface area contributed by atoms with Gasteiger partial charge in [-0.2, -0.15) is 5.10 Å². The predicted octanol–water partition coefficient (Wildman–Crippen LogP) is 1.23. The SMILES string of the molecule is CN1CCN=C1NC[C@@H]1CCCN(C2CC2)[C@H]1c1ccnn1C. The molecule has 3 heterocycles. The molecule has 1 aliphatic carbocycles. The molecule has 1 aromatic heterocycles. The van der Waals surface area contributed by atoms with Crippen molar-refractivity contribution in [3.05, 3.63) is 18.0 Å². The van der Waals surface area contributed by atoms with E-state index in [0.29, 0.717) is 12.0 Å². The summed E-state index contributed by atoms with van der Waals surface area (Å²) in [6.45, 7) is 4.19. The minimum absolute atomic E-state index is 0.489. The van der Waals surface area contributed by atoms with Crippen LogP contribution in [-0.2, 0) is 7.05 Å². The highest BCUT2D eigenvalue weighted by Gasteiger charge is 2.41. The Balaban J connectivity index is 1.52. The molecule has 0 bridgehead atoms. The second-order valence-corrected chi connectivity index (χ2v) is 7.20. The van der Waals surface area contributed by atoms with Crippen molar-refractivity contribution in [3.63, 3.8) is 0 Å². The van der Waals surface area contributed by atoms with E-state index in [1.807, 2.05) is 6.20 Å². The largest absolute Gasteiger partial charge is 0.356 e. The smallest absolute Gasteiger partial charge is 0.193 e. The lowest BCUT2D eigenvalue weighted by Crippen LogP contribution is -2.46. The van der Waals surface area contributed by atoms with Crippen LogP contribution in [0.25, 0.3) is 0 Å². The number of nitrogens with one attached hydrogen (secondary N) is 1. The Bertz CT molecular complexity index is 575. The van der Waals surface area contributed by atoms with Gasteiger partial charge in [-0.15, -0.1) is 0 Å². The molecule has 0 aromatic carbocycles. The van der Waals surface area contributed by atoms with Crippen molar-refractivity contribution in [1.82, 2.24) is 24.9 Å². The average molecular weight is 316 g/mol. The van der Waals surface area contributed by atoms with Crippen LogP contribution in [0.5, 0.6) is 0 Å². The summed E-state index contributed by atoms with van der Waals surface area (Å²) < 4.78 is 2.07. The number of aliphatic imine (C=N–C) groups is 1. The van der Waals surface area contributed by atoms with Crippen molar-refractivity contribution < 1.29 is 0 Å². The normalized spacial score (nSPS) is 29.0.